The van der Waals surface area contributed by atoms with Gasteiger partial charge >= 0.3 is 15.2 Å². The van der Waals surface area contributed by atoms with Crippen LogP contribution < -0.4 is 11.1 Å². The van der Waals surface area contributed by atoms with Gasteiger partial charge in [0.2, 0.25) is 0 Å². The molecule has 0 saturated carbocycles. The van der Waals surface area contributed by atoms with Crippen LogP contribution in [0.2, 0.25) is 0 Å². The molecule has 2 aromatic rings. The molecule has 0 unspecified atom stereocenters. The number of anilines is 1. The number of fused-ring (bicyclic) bond motifs is 1. The van der Waals surface area contributed by atoms with Gasteiger partial charge in [0.1, 0.15) is 5.78 Å². The van der Waals surface area contributed by atoms with Gasteiger partial charge in [-0.1, -0.05) is 13.8 Å². The van der Waals surface area contributed by atoms with E-state index in [0.717, 1.165) is 11.4 Å². The van der Waals surface area contributed by atoms with E-state index in [9.17, 15) is 28.6 Å². The molecule has 1 aromatic heterocycles. The number of ether oxygens (including phenoxy) is 5. The zero-order valence-electron chi connectivity index (χ0n) is 33.6. The summed E-state index contributed by atoms with van der Waals surface area (Å²) in [5, 5.41) is 14.4. The number of amides is 1. The van der Waals surface area contributed by atoms with Gasteiger partial charge in [-0.2, -0.15) is 5.10 Å². The fraction of sp³-hybridized carbons (Fsp3) is 0.676. The van der Waals surface area contributed by atoms with Gasteiger partial charge in [0, 0.05) is 44.7 Å². The monoisotopic (exact) mass is 862 g/mol. The number of aryl methyl sites for hydroxylation is 1. The van der Waals surface area contributed by atoms with Gasteiger partial charge < -0.3 is 59.4 Å². The van der Waals surface area contributed by atoms with E-state index in [1.807, 2.05) is 13.0 Å². The highest BCUT2D eigenvalue weighted by atomic mass is 31.2. The maximum Gasteiger partial charge on any atom is 0.369 e. The maximum atomic E-state index is 12.9. The summed E-state index contributed by atoms with van der Waals surface area (Å²) in [7, 11) is -11.0. The number of aliphatic hydroxyl groups is 1. The summed E-state index contributed by atoms with van der Waals surface area (Å²) in [6.07, 6.45) is 1.68. The summed E-state index contributed by atoms with van der Waals surface area (Å²) >= 11 is 0. The van der Waals surface area contributed by atoms with Crippen LogP contribution in [0, 0.1) is 12.3 Å². The SMILES string of the molecule is Cc1nn(-c2ccc(C(N)=O)c(NCCCOCCOCCOCCOCCOCCCC(=O)CCCCC(O)(P(=O)(O)O)P(=O)(O)O)c2)c2c1C(=O)CC(C)(C)C2. The minimum atomic E-state index is -5.49. The van der Waals surface area contributed by atoms with Crippen LogP contribution in [0.1, 0.15) is 97.3 Å². The number of nitrogens with zero attached hydrogens (tertiary/aromatic N) is 2. The third-order valence-electron chi connectivity index (χ3n) is 9.40. The van der Waals surface area contributed by atoms with Crippen LogP contribution in [0.25, 0.3) is 5.69 Å². The zero-order chi connectivity index (χ0) is 43.0. The first kappa shape index (κ1) is 49.5. The smallest absolute Gasteiger partial charge is 0.369 e. The van der Waals surface area contributed by atoms with Crippen LogP contribution in [0.15, 0.2) is 18.2 Å². The van der Waals surface area contributed by atoms with E-state index in [4.69, 9.17) is 49.0 Å². The Morgan fingerprint density at radius 3 is 1.88 bits per heavy atom. The normalized spacial score (nSPS) is 14.4. The number of ketones is 2. The lowest BCUT2D eigenvalue weighted by Crippen LogP contribution is -2.28. The minimum Gasteiger partial charge on any atom is -0.384 e. The van der Waals surface area contributed by atoms with Crippen molar-refractivity contribution < 1.29 is 71.9 Å². The average Bonchev–Trinajstić information content (AvgIpc) is 3.46. The molecule has 8 N–H and O–H groups in total. The van der Waals surface area contributed by atoms with Crippen molar-refractivity contribution in [2.24, 2.45) is 11.1 Å². The number of hydrogen-bond acceptors (Lipinski definition) is 13. The number of rotatable bonds is 30. The molecule has 1 heterocycles. The molecule has 0 atom stereocenters. The van der Waals surface area contributed by atoms with Gasteiger partial charge in [-0.15, -0.1) is 0 Å². The van der Waals surface area contributed by atoms with E-state index in [1.54, 1.807) is 16.8 Å². The second-order valence-corrected chi connectivity index (χ2v) is 18.9. The van der Waals surface area contributed by atoms with Gasteiger partial charge in [-0.25, -0.2) is 4.68 Å². The number of benzene rings is 1. The van der Waals surface area contributed by atoms with Crippen molar-refractivity contribution in [3.05, 3.63) is 40.7 Å². The van der Waals surface area contributed by atoms with E-state index >= 15 is 0 Å². The fourth-order valence-corrected chi connectivity index (χ4v) is 8.66. The summed E-state index contributed by atoms with van der Waals surface area (Å²) < 4.78 is 52.1. The maximum absolute atomic E-state index is 12.9. The molecule has 1 aliphatic carbocycles. The number of nitrogens with two attached hydrogens (primary N) is 1. The molecule has 328 valence electrons. The standard InChI is InChI=1S/C37H60N4O15P2/c1-27-34-32(25-36(2,3)26-33(34)43)41(40-27)28-10-11-30(35(38)44)31(24-28)39-13-7-15-53-17-19-55-21-23-56-22-20-54-18-16-52-14-6-9-29(42)8-4-5-12-37(45,57(46,47)48)58(49,50)51/h10-11,24,39,45H,4-9,12-23,25-26H2,1-3H3,(H2,38,44)(H2,46,47,48)(H2,49,50,51). The third-order valence-corrected chi connectivity index (χ3v) is 13.3. The summed E-state index contributed by atoms with van der Waals surface area (Å²) in [6.45, 7) is 10.3. The Kier molecular flexibility index (Phi) is 19.8. The number of hydrogen-bond donors (Lipinski definition) is 7. The van der Waals surface area contributed by atoms with E-state index in [-0.39, 0.29) is 42.7 Å². The van der Waals surface area contributed by atoms with Crippen molar-refractivity contribution in [1.82, 2.24) is 9.78 Å². The summed E-state index contributed by atoms with van der Waals surface area (Å²) in [4.78, 5) is 73.6. The number of aromatic nitrogens is 2. The highest BCUT2D eigenvalue weighted by molar-refractivity contribution is 7.72. The largest absolute Gasteiger partial charge is 0.384 e. The molecule has 1 aromatic carbocycles. The van der Waals surface area contributed by atoms with Crippen molar-refractivity contribution in [3.63, 3.8) is 0 Å². The number of primary amides is 1. The Bertz CT molecular complexity index is 1740. The quantitative estimate of drug-likeness (QED) is 0.0438. The van der Waals surface area contributed by atoms with E-state index in [2.05, 4.69) is 24.3 Å². The number of carbonyl (C=O) groups is 3. The third kappa shape index (κ3) is 15.3. The van der Waals surface area contributed by atoms with Crippen LogP contribution in [-0.4, -0.2) is 130 Å². The van der Waals surface area contributed by atoms with Gasteiger partial charge in [0.05, 0.1) is 81.1 Å². The number of Topliss-reactive ketones (excluding diaryl/α,β-unsaturated/α-hetero) is 2. The second-order valence-electron chi connectivity index (χ2n) is 14.9. The van der Waals surface area contributed by atoms with E-state index < -0.39 is 32.6 Å². The molecule has 0 radical (unpaired) electrons. The van der Waals surface area contributed by atoms with Crippen molar-refractivity contribution in [1.29, 1.82) is 0 Å². The summed E-state index contributed by atoms with van der Waals surface area (Å²) in [5.41, 5.74) is 9.40. The molecule has 0 spiro atoms. The molecule has 3 rings (SSSR count). The number of nitrogens with one attached hydrogen (secondary N) is 1. The highest BCUT2D eigenvalue weighted by Crippen LogP contribution is 2.69. The molecule has 0 saturated heterocycles. The van der Waals surface area contributed by atoms with Gasteiger partial charge in [0.25, 0.3) is 11.0 Å². The molecule has 1 amide bonds. The summed E-state index contributed by atoms with van der Waals surface area (Å²) in [5.74, 6) is -0.594. The Morgan fingerprint density at radius 2 is 1.34 bits per heavy atom. The first-order chi connectivity index (χ1) is 27.3. The molecule has 19 nitrogen and oxygen atoms in total. The van der Waals surface area contributed by atoms with E-state index in [0.29, 0.717) is 121 Å². The van der Waals surface area contributed by atoms with Gasteiger partial charge in [0.15, 0.2) is 5.78 Å². The predicted molar refractivity (Wildman–Crippen MR) is 212 cm³/mol. The molecule has 1 aliphatic rings. The van der Waals surface area contributed by atoms with Gasteiger partial charge in [-0.3, -0.25) is 23.5 Å². The van der Waals surface area contributed by atoms with Crippen molar-refractivity contribution in [3.8, 4) is 5.69 Å². The topological polar surface area (TPSA) is 289 Å². The second kappa shape index (κ2) is 23.2. The zero-order valence-corrected chi connectivity index (χ0v) is 35.3. The van der Waals surface area contributed by atoms with Crippen molar-refractivity contribution >= 4 is 38.4 Å². The molecule has 0 bridgehead atoms. The Balaban J connectivity index is 1.15. The molecule has 0 aliphatic heterocycles. The lowest BCUT2D eigenvalue weighted by molar-refractivity contribution is -0.119. The van der Waals surface area contributed by atoms with Crippen LogP contribution in [0.3, 0.4) is 0 Å². The van der Waals surface area contributed by atoms with Crippen molar-refractivity contribution in [2.75, 3.05) is 77.9 Å². The molecule has 0 fully saturated rings. The first-order valence-electron chi connectivity index (χ1n) is 19.3. The minimum absolute atomic E-state index is 0.0412. The van der Waals surface area contributed by atoms with Crippen LogP contribution in [0.5, 0.6) is 0 Å². The van der Waals surface area contributed by atoms with Crippen molar-refractivity contribution in [2.45, 2.75) is 83.6 Å². The summed E-state index contributed by atoms with van der Waals surface area (Å²) in [6, 6.07) is 5.29. The Morgan fingerprint density at radius 1 is 0.828 bits per heavy atom. The first-order valence-corrected chi connectivity index (χ1v) is 22.5. The molecule has 58 heavy (non-hydrogen) atoms. The number of carbonyl (C=O) groups excluding carboxylic acids is 3. The van der Waals surface area contributed by atoms with Crippen LogP contribution >= 0.6 is 15.2 Å². The van der Waals surface area contributed by atoms with Crippen LogP contribution in [-0.2, 0) is 44.0 Å². The molecular weight excluding hydrogens is 802 g/mol. The fourth-order valence-electron chi connectivity index (χ4n) is 6.40. The number of unbranched alkanes of at least 4 members (excludes halogenated alkanes) is 1. The molecular formula is C37H60N4O15P2. The van der Waals surface area contributed by atoms with E-state index in [1.165, 1.54) is 0 Å². The lowest BCUT2D eigenvalue weighted by atomic mass is 9.75. The lowest BCUT2D eigenvalue weighted by Gasteiger charge is -2.29. The van der Waals surface area contributed by atoms with Gasteiger partial charge in [-0.05, 0) is 69.1 Å². The predicted octanol–water partition coefficient (Wildman–Crippen LogP) is 3.23. The molecule has 21 heteroatoms. The Labute approximate surface area is 338 Å². The van der Waals surface area contributed by atoms with Crippen LogP contribution in [0.4, 0.5) is 5.69 Å². The Hall–Kier alpha value is -2.90. The highest BCUT2D eigenvalue weighted by Gasteiger charge is 2.58. The average molecular weight is 863 g/mol.